The van der Waals surface area contributed by atoms with Crippen LogP contribution in [0.4, 0.5) is 0 Å². The Balaban J connectivity index is 5.21. The molecule has 0 radical (unpaired) electrons. The lowest BCUT2D eigenvalue weighted by molar-refractivity contribution is -0.161. The molecule has 0 aliphatic carbocycles. The minimum Gasteiger partial charge on any atom is -0.462 e. The van der Waals surface area contributed by atoms with Gasteiger partial charge in [0, 0.05) is 25.7 Å². The number of phosphoric ester groups is 2. The maximum atomic E-state index is 13.0. The number of ether oxygens (including phenoxy) is 4. The Kier molecular flexibility index (Phi) is 63.0. The number of phosphoric acid groups is 2. The average molecular weight is 1330 g/mol. The standard InChI is InChI=1S/C71H138O17P2/c1-6-9-12-15-18-21-24-26-27-28-29-30-31-33-36-41-46-51-56-70(75)87-66(60-82-69(74)55-50-45-40-35-32-25-22-19-16-13-10-7-2)62-85-89(77,78)83-58-65(72)59-84-90(79,80)86-63-67(88-71(76)57-52-47-42-37-38-43-48-53-64(4)5)61-81-68(73)54-49-44-39-34-23-20-17-14-11-8-3/h64-67,72H,6-63H2,1-5H3,(H,77,78)(H,79,80)/t65-,66-,67-/m1/s1. The van der Waals surface area contributed by atoms with Crippen LogP contribution in [0.5, 0.6) is 0 Å². The van der Waals surface area contributed by atoms with Gasteiger partial charge in [-0.2, -0.15) is 0 Å². The Labute approximate surface area is 549 Å². The molecule has 90 heavy (non-hydrogen) atoms. The molecule has 19 heteroatoms. The van der Waals surface area contributed by atoms with Gasteiger partial charge >= 0.3 is 39.5 Å². The Morgan fingerprint density at radius 2 is 0.511 bits per heavy atom. The van der Waals surface area contributed by atoms with Crippen molar-refractivity contribution >= 4 is 39.5 Å². The SMILES string of the molecule is CCCCCCCCCCCCCCCCCCCCC(=O)O[C@H](COC(=O)CCCCCCCCCCCCCC)COP(=O)(O)OC[C@@H](O)COP(=O)(O)OC[C@@H](COC(=O)CCCCCCCCCCCC)OC(=O)CCCCCCCCCC(C)C. The molecule has 0 aromatic carbocycles. The molecule has 534 valence electrons. The third-order valence-corrected chi connectivity index (χ3v) is 18.4. The summed E-state index contributed by atoms with van der Waals surface area (Å²) in [6.45, 7) is 7.18. The van der Waals surface area contributed by atoms with Gasteiger partial charge in [0.25, 0.3) is 0 Å². The van der Waals surface area contributed by atoms with Crippen LogP contribution in [0.25, 0.3) is 0 Å². The van der Waals surface area contributed by atoms with Crippen molar-refractivity contribution < 1.29 is 80.2 Å². The van der Waals surface area contributed by atoms with Crippen LogP contribution < -0.4 is 0 Å². The first-order chi connectivity index (χ1) is 43.5. The van der Waals surface area contributed by atoms with Crippen LogP contribution in [-0.2, 0) is 65.4 Å². The van der Waals surface area contributed by atoms with E-state index in [1.54, 1.807) is 0 Å². The summed E-state index contributed by atoms with van der Waals surface area (Å²) in [6.07, 6.45) is 51.4. The summed E-state index contributed by atoms with van der Waals surface area (Å²) < 4.78 is 68.3. The number of unbranched alkanes of at least 4 members (excludes halogenated alkanes) is 43. The van der Waals surface area contributed by atoms with Gasteiger partial charge in [-0.05, 0) is 31.6 Å². The second-order valence-electron chi connectivity index (χ2n) is 26.1. The van der Waals surface area contributed by atoms with E-state index in [0.717, 1.165) is 89.9 Å². The first kappa shape index (κ1) is 88.1. The van der Waals surface area contributed by atoms with E-state index in [-0.39, 0.29) is 25.7 Å². The summed E-state index contributed by atoms with van der Waals surface area (Å²) in [4.78, 5) is 72.5. The van der Waals surface area contributed by atoms with E-state index in [2.05, 4.69) is 34.6 Å². The maximum absolute atomic E-state index is 13.0. The van der Waals surface area contributed by atoms with Gasteiger partial charge in [-0.1, -0.05) is 317 Å². The molecular weight excluding hydrogens is 1190 g/mol. The molecule has 5 atom stereocenters. The first-order valence-electron chi connectivity index (χ1n) is 37.1. The van der Waals surface area contributed by atoms with Gasteiger partial charge < -0.3 is 33.8 Å². The van der Waals surface area contributed by atoms with Crippen LogP contribution in [0, 0.1) is 5.92 Å². The second-order valence-corrected chi connectivity index (χ2v) is 29.0. The molecule has 0 aliphatic rings. The zero-order chi connectivity index (χ0) is 66.3. The van der Waals surface area contributed by atoms with E-state index < -0.39 is 97.5 Å². The molecule has 17 nitrogen and oxygen atoms in total. The smallest absolute Gasteiger partial charge is 0.462 e. The van der Waals surface area contributed by atoms with Gasteiger partial charge in [-0.3, -0.25) is 37.3 Å². The van der Waals surface area contributed by atoms with Crippen LogP contribution >= 0.6 is 15.6 Å². The number of carbonyl (C=O) groups is 4. The molecule has 0 bridgehead atoms. The molecule has 3 N–H and O–H groups in total. The Morgan fingerprint density at radius 1 is 0.300 bits per heavy atom. The van der Waals surface area contributed by atoms with Gasteiger partial charge in [0.15, 0.2) is 12.2 Å². The number of hydrogen-bond donors (Lipinski definition) is 3. The van der Waals surface area contributed by atoms with Crippen molar-refractivity contribution in [1.29, 1.82) is 0 Å². The highest BCUT2D eigenvalue weighted by atomic mass is 31.2. The third kappa shape index (κ3) is 64.8. The van der Waals surface area contributed by atoms with Crippen LogP contribution in [-0.4, -0.2) is 96.7 Å². The van der Waals surface area contributed by atoms with Crippen molar-refractivity contribution in [3.8, 4) is 0 Å². The highest BCUT2D eigenvalue weighted by molar-refractivity contribution is 7.47. The minimum atomic E-state index is -4.95. The molecule has 2 unspecified atom stereocenters. The number of esters is 4. The molecule has 0 heterocycles. The van der Waals surface area contributed by atoms with Crippen LogP contribution in [0.2, 0.25) is 0 Å². The van der Waals surface area contributed by atoms with Crippen molar-refractivity contribution in [3.63, 3.8) is 0 Å². The maximum Gasteiger partial charge on any atom is 0.472 e. The third-order valence-electron chi connectivity index (χ3n) is 16.5. The zero-order valence-corrected chi connectivity index (χ0v) is 60.1. The molecular formula is C71H138O17P2. The molecule has 0 aromatic heterocycles. The van der Waals surface area contributed by atoms with E-state index in [9.17, 15) is 43.2 Å². The number of rotatable bonds is 71. The van der Waals surface area contributed by atoms with Gasteiger partial charge in [-0.15, -0.1) is 0 Å². The predicted molar refractivity (Wildman–Crippen MR) is 363 cm³/mol. The fourth-order valence-corrected chi connectivity index (χ4v) is 12.4. The van der Waals surface area contributed by atoms with Crippen molar-refractivity contribution in [2.75, 3.05) is 39.6 Å². The normalized spacial score (nSPS) is 14.1. The van der Waals surface area contributed by atoms with Crippen molar-refractivity contribution in [3.05, 3.63) is 0 Å². The highest BCUT2D eigenvalue weighted by Gasteiger charge is 2.30. The Hall–Kier alpha value is -1.94. The molecule has 0 amide bonds. The quantitative estimate of drug-likeness (QED) is 0.0222. The van der Waals surface area contributed by atoms with Gasteiger partial charge in [-0.25, -0.2) is 9.13 Å². The zero-order valence-electron chi connectivity index (χ0n) is 58.3. The number of aliphatic hydroxyl groups is 1. The number of carbonyl (C=O) groups excluding carboxylic acids is 4. The van der Waals surface area contributed by atoms with E-state index in [4.69, 9.17) is 37.0 Å². The molecule has 0 fully saturated rings. The van der Waals surface area contributed by atoms with Gasteiger partial charge in [0.05, 0.1) is 26.4 Å². The van der Waals surface area contributed by atoms with Gasteiger partial charge in [0.1, 0.15) is 19.3 Å². The Morgan fingerprint density at radius 3 is 0.756 bits per heavy atom. The monoisotopic (exact) mass is 1320 g/mol. The van der Waals surface area contributed by atoms with Crippen LogP contribution in [0.15, 0.2) is 0 Å². The summed E-state index contributed by atoms with van der Waals surface area (Å²) in [5.74, 6) is -1.43. The minimum absolute atomic E-state index is 0.104. The number of hydrogen-bond acceptors (Lipinski definition) is 15. The molecule has 0 rings (SSSR count). The lowest BCUT2D eigenvalue weighted by Crippen LogP contribution is -2.30. The first-order valence-corrected chi connectivity index (χ1v) is 40.1. The highest BCUT2D eigenvalue weighted by Crippen LogP contribution is 2.45. The fraction of sp³-hybridized carbons (Fsp3) is 0.944. The number of aliphatic hydroxyl groups excluding tert-OH is 1. The topological polar surface area (TPSA) is 237 Å². The Bertz CT molecular complexity index is 1740. The average Bonchev–Trinajstić information content (AvgIpc) is 3.63. The second kappa shape index (κ2) is 64.4. The van der Waals surface area contributed by atoms with E-state index in [1.807, 2.05) is 0 Å². The van der Waals surface area contributed by atoms with E-state index >= 15 is 0 Å². The molecule has 0 aliphatic heterocycles. The van der Waals surface area contributed by atoms with Crippen LogP contribution in [0.3, 0.4) is 0 Å². The largest absolute Gasteiger partial charge is 0.472 e. The summed E-state index contributed by atoms with van der Waals surface area (Å²) in [6, 6.07) is 0. The summed E-state index contributed by atoms with van der Waals surface area (Å²) in [5.41, 5.74) is 0. The van der Waals surface area contributed by atoms with E-state index in [1.165, 1.54) is 193 Å². The molecule has 0 aromatic rings. The lowest BCUT2D eigenvalue weighted by Gasteiger charge is -2.21. The summed E-state index contributed by atoms with van der Waals surface area (Å²) in [5, 5.41) is 10.6. The van der Waals surface area contributed by atoms with E-state index in [0.29, 0.717) is 31.6 Å². The van der Waals surface area contributed by atoms with Crippen molar-refractivity contribution in [2.24, 2.45) is 5.92 Å². The molecule has 0 spiro atoms. The van der Waals surface area contributed by atoms with Crippen molar-refractivity contribution in [1.82, 2.24) is 0 Å². The van der Waals surface area contributed by atoms with Crippen molar-refractivity contribution in [2.45, 2.75) is 387 Å². The summed E-state index contributed by atoms with van der Waals surface area (Å²) in [7, 11) is -9.90. The van der Waals surface area contributed by atoms with Gasteiger partial charge in [0.2, 0.25) is 0 Å². The molecule has 0 saturated heterocycles. The fourth-order valence-electron chi connectivity index (χ4n) is 10.8. The molecule has 0 saturated carbocycles. The predicted octanol–water partition coefficient (Wildman–Crippen LogP) is 20.5. The summed E-state index contributed by atoms with van der Waals surface area (Å²) >= 11 is 0. The van der Waals surface area contributed by atoms with Crippen LogP contribution in [0.1, 0.15) is 369 Å². The lowest BCUT2D eigenvalue weighted by atomic mass is 10.0.